The van der Waals surface area contributed by atoms with Gasteiger partial charge in [-0.25, -0.2) is 14.6 Å². The van der Waals surface area contributed by atoms with Crippen molar-refractivity contribution >= 4 is 45.3 Å². The summed E-state index contributed by atoms with van der Waals surface area (Å²) in [4.78, 5) is 32.0. The first-order valence-electron chi connectivity index (χ1n) is 9.64. The molecular formula is C18H20F6N4O4S. The molecule has 0 aromatic carbocycles. The number of nitrogens with zero attached hydrogens (tertiary/aromatic N) is 3. The normalized spacial score (nSPS) is 15.8. The number of aromatic nitrogens is 2. The number of hydrogen-bond donors (Lipinski definition) is 3. The van der Waals surface area contributed by atoms with Gasteiger partial charge in [0, 0.05) is 18.0 Å². The third kappa shape index (κ3) is 7.07. The summed E-state index contributed by atoms with van der Waals surface area (Å²) in [6.45, 7) is 2.13. The highest BCUT2D eigenvalue weighted by Gasteiger charge is 2.38. The van der Waals surface area contributed by atoms with Crippen LogP contribution in [0.5, 0.6) is 0 Å². The van der Waals surface area contributed by atoms with Crippen molar-refractivity contribution in [2.24, 2.45) is 0 Å². The van der Waals surface area contributed by atoms with Crippen molar-refractivity contribution in [3.63, 3.8) is 0 Å². The van der Waals surface area contributed by atoms with Gasteiger partial charge in [-0.05, 0) is 44.1 Å². The van der Waals surface area contributed by atoms with Crippen LogP contribution in [0.25, 0.3) is 10.2 Å². The minimum absolute atomic E-state index is 0.685. The molecule has 4 N–H and O–H groups in total. The lowest BCUT2D eigenvalue weighted by Gasteiger charge is -2.26. The molecule has 15 heteroatoms. The van der Waals surface area contributed by atoms with Crippen LogP contribution in [-0.2, 0) is 22.4 Å². The van der Waals surface area contributed by atoms with Gasteiger partial charge in [0.2, 0.25) is 5.95 Å². The van der Waals surface area contributed by atoms with E-state index >= 15 is 0 Å². The second-order valence-electron chi connectivity index (χ2n) is 7.10. The minimum Gasteiger partial charge on any atom is -0.475 e. The second kappa shape index (κ2) is 10.4. The van der Waals surface area contributed by atoms with Gasteiger partial charge in [-0.15, -0.1) is 11.3 Å². The molecule has 2 aromatic rings. The van der Waals surface area contributed by atoms with E-state index in [1.54, 1.807) is 0 Å². The SMILES string of the molecule is Nc1nc(N2CCCCC2)nc2sc3c(c12)CCC3.O=C(O)C(F)(F)F.O=C(O)C(F)(F)F. The highest BCUT2D eigenvalue weighted by molar-refractivity contribution is 7.19. The Hall–Kier alpha value is -2.84. The summed E-state index contributed by atoms with van der Waals surface area (Å²) in [6, 6.07) is 0. The average molecular weight is 502 g/mol. The lowest BCUT2D eigenvalue weighted by atomic mass is 10.1. The molecule has 184 valence electrons. The molecule has 0 radical (unpaired) electrons. The molecular weight excluding hydrogens is 482 g/mol. The van der Waals surface area contributed by atoms with Gasteiger partial charge < -0.3 is 20.8 Å². The van der Waals surface area contributed by atoms with Crippen LogP contribution in [0.15, 0.2) is 0 Å². The molecule has 0 unspecified atom stereocenters. The van der Waals surface area contributed by atoms with Crippen LogP contribution in [-0.4, -0.2) is 57.6 Å². The summed E-state index contributed by atoms with van der Waals surface area (Å²) >= 11 is 1.82. The molecule has 4 rings (SSSR count). The topological polar surface area (TPSA) is 130 Å². The molecule has 1 fully saturated rings. The van der Waals surface area contributed by atoms with E-state index in [1.165, 1.54) is 42.5 Å². The molecule has 1 saturated heterocycles. The fourth-order valence-electron chi connectivity index (χ4n) is 3.25. The summed E-state index contributed by atoms with van der Waals surface area (Å²) in [7, 11) is 0. The van der Waals surface area contributed by atoms with E-state index < -0.39 is 24.3 Å². The number of carboxylic acids is 2. The van der Waals surface area contributed by atoms with Crippen LogP contribution in [0.2, 0.25) is 0 Å². The number of anilines is 2. The lowest BCUT2D eigenvalue weighted by molar-refractivity contribution is -0.193. The molecule has 2 aromatic heterocycles. The van der Waals surface area contributed by atoms with E-state index in [1.807, 2.05) is 11.3 Å². The molecule has 8 nitrogen and oxygen atoms in total. The zero-order valence-corrected chi connectivity index (χ0v) is 17.8. The monoisotopic (exact) mass is 502 g/mol. The van der Waals surface area contributed by atoms with Gasteiger partial charge in [0.1, 0.15) is 10.6 Å². The fraction of sp³-hybridized carbons (Fsp3) is 0.556. The van der Waals surface area contributed by atoms with Gasteiger partial charge in [0.15, 0.2) is 0 Å². The van der Waals surface area contributed by atoms with E-state index in [2.05, 4.69) is 9.88 Å². The van der Waals surface area contributed by atoms with Crippen molar-refractivity contribution in [1.29, 1.82) is 0 Å². The number of nitrogens with two attached hydrogens (primary N) is 1. The number of rotatable bonds is 1. The largest absolute Gasteiger partial charge is 0.490 e. The smallest absolute Gasteiger partial charge is 0.475 e. The van der Waals surface area contributed by atoms with Gasteiger partial charge in [0.25, 0.3) is 0 Å². The predicted molar refractivity (Wildman–Crippen MR) is 107 cm³/mol. The molecule has 0 spiro atoms. The van der Waals surface area contributed by atoms with Crippen LogP contribution in [0.1, 0.15) is 36.1 Å². The van der Waals surface area contributed by atoms with Crippen LogP contribution in [0, 0.1) is 0 Å². The van der Waals surface area contributed by atoms with Gasteiger partial charge in [-0.3, -0.25) is 0 Å². The number of nitrogen functional groups attached to an aromatic ring is 1. The molecule has 1 aliphatic carbocycles. The van der Waals surface area contributed by atoms with E-state index in [4.69, 9.17) is 30.5 Å². The first kappa shape index (κ1) is 26.4. The number of aryl methyl sites for hydroxylation is 2. The third-order valence-electron chi connectivity index (χ3n) is 4.70. The number of carboxylic acid groups (broad SMARTS) is 2. The second-order valence-corrected chi connectivity index (χ2v) is 8.18. The van der Waals surface area contributed by atoms with E-state index in [9.17, 15) is 26.3 Å². The van der Waals surface area contributed by atoms with E-state index in [0.29, 0.717) is 5.82 Å². The summed E-state index contributed by atoms with van der Waals surface area (Å²) in [6.07, 6.45) is -2.78. The molecule has 0 amide bonds. The van der Waals surface area contributed by atoms with Gasteiger partial charge >= 0.3 is 24.3 Å². The Morgan fingerprint density at radius 3 is 1.88 bits per heavy atom. The summed E-state index contributed by atoms with van der Waals surface area (Å²) in [5.41, 5.74) is 7.63. The molecule has 1 aliphatic heterocycles. The first-order chi connectivity index (χ1) is 15.2. The van der Waals surface area contributed by atoms with Crippen molar-refractivity contribution < 1.29 is 46.1 Å². The van der Waals surface area contributed by atoms with Gasteiger partial charge in [0.05, 0.1) is 5.39 Å². The lowest BCUT2D eigenvalue weighted by Crippen LogP contribution is -2.31. The fourth-order valence-corrected chi connectivity index (χ4v) is 4.51. The van der Waals surface area contributed by atoms with Crippen molar-refractivity contribution in [2.45, 2.75) is 50.9 Å². The maximum absolute atomic E-state index is 10.6. The number of piperidine rings is 1. The Kier molecular flexibility index (Phi) is 8.32. The number of aliphatic carboxylic acids is 2. The Balaban J connectivity index is 0.000000230. The molecule has 0 bridgehead atoms. The standard InChI is InChI=1S/C14H18N4S.2C2HF3O2/c15-12-11-9-5-4-6-10(9)19-13(11)17-14(16-12)18-7-2-1-3-8-18;2*3-2(4,5)1(6)7/h1-8H2,(H2,15,16,17);2*(H,6,7). The van der Waals surface area contributed by atoms with E-state index in [-0.39, 0.29) is 0 Å². The molecule has 33 heavy (non-hydrogen) atoms. The number of halogens is 6. The van der Waals surface area contributed by atoms with Gasteiger partial charge in [-0.2, -0.15) is 31.3 Å². The van der Waals surface area contributed by atoms with Crippen LogP contribution in [0.4, 0.5) is 38.1 Å². The van der Waals surface area contributed by atoms with Crippen molar-refractivity contribution in [2.75, 3.05) is 23.7 Å². The van der Waals surface area contributed by atoms with Crippen LogP contribution < -0.4 is 10.6 Å². The Morgan fingerprint density at radius 1 is 0.879 bits per heavy atom. The maximum atomic E-state index is 10.6. The first-order valence-corrected chi connectivity index (χ1v) is 10.5. The maximum Gasteiger partial charge on any atom is 0.490 e. The van der Waals surface area contributed by atoms with E-state index in [0.717, 1.165) is 35.7 Å². The number of fused-ring (bicyclic) bond motifs is 3. The van der Waals surface area contributed by atoms with Crippen LogP contribution in [0.3, 0.4) is 0 Å². The minimum atomic E-state index is -5.08. The summed E-state index contributed by atoms with van der Waals surface area (Å²) < 4.78 is 63.5. The van der Waals surface area contributed by atoms with Crippen LogP contribution >= 0.6 is 11.3 Å². The Labute approximate surface area is 187 Å². The number of hydrogen-bond acceptors (Lipinski definition) is 7. The average Bonchev–Trinajstić information content (AvgIpc) is 3.29. The number of thiophene rings is 1. The molecule has 0 atom stereocenters. The Morgan fingerprint density at radius 2 is 1.39 bits per heavy atom. The highest BCUT2D eigenvalue weighted by atomic mass is 32.1. The number of carbonyl (C=O) groups is 2. The third-order valence-corrected chi connectivity index (χ3v) is 5.89. The van der Waals surface area contributed by atoms with Crippen molar-refractivity contribution in [3.8, 4) is 0 Å². The van der Waals surface area contributed by atoms with Crippen molar-refractivity contribution in [1.82, 2.24) is 9.97 Å². The zero-order chi connectivity index (χ0) is 25.0. The summed E-state index contributed by atoms with van der Waals surface area (Å²) in [5.74, 6) is -3.99. The summed E-state index contributed by atoms with van der Waals surface area (Å²) in [5, 5.41) is 15.4. The molecule has 3 heterocycles. The number of alkyl halides is 6. The van der Waals surface area contributed by atoms with Gasteiger partial charge in [-0.1, -0.05) is 0 Å². The molecule has 2 aliphatic rings. The molecule has 0 saturated carbocycles. The predicted octanol–water partition coefficient (Wildman–Crippen LogP) is 4.02. The quantitative estimate of drug-likeness (QED) is 0.499. The highest BCUT2D eigenvalue weighted by Crippen LogP contribution is 2.39. The zero-order valence-electron chi connectivity index (χ0n) is 17.0. The van der Waals surface area contributed by atoms with Crippen molar-refractivity contribution in [3.05, 3.63) is 10.4 Å². The Bertz CT molecular complexity index is 978.